The smallest absolute Gasteiger partial charge is 0.238 e. The summed E-state index contributed by atoms with van der Waals surface area (Å²) in [5, 5.41) is 17.3. The van der Waals surface area contributed by atoms with Crippen LogP contribution in [0.3, 0.4) is 0 Å². The van der Waals surface area contributed by atoms with Gasteiger partial charge in [-0.1, -0.05) is 57.2 Å². The highest BCUT2D eigenvalue weighted by molar-refractivity contribution is 7.89. The minimum Gasteiger partial charge on any atom is -0.493 e. The Balaban J connectivity index is 1.47. The molecule has 0 unspecified atom stereocenters. The summed E-state index contributed by atoms with van der Waals surface area (Å²) in [6.07, 6.45) is 2.58. The molecule has 3 aromatic carbocycles. The maximum absolute atomic E-state index is 12.4. The van der Waals surface area contributed by atoms with Gasteiger partial charge in [-0.25, -0.2) is 13.6 Å². The second kappa shape index (κ2) is 11.7. The molecule has 39 heavy (non-hydrogen) atoms. The number of piperidine rings is 1. The Bertz CT molecular complexity index is 1390. The van der Waals surface area contributed by atoms with Crippen molar-refractivity contribution in [1.29, 1.82) is 0 Å². The fraction of sp³-hybridized carbons (Fsp3) is 0.419. The van der Waals surface area contributed by atoms with Gasteiger partial charge in [0.15, 0.2) is 11.5 Å². The lowest BCUT2D eigenvalue weighted by atomic mass is 9.82. The van der Waals surface area contributed by atoms with Crippen molar-refractivity contribution in [2.75, 3.05) is 20.2 Å². The number of aliphatic hydroxyl groups is 1. The third-order valence-electron chi connectivity index (χ3n) is 7.30. The first-order valence-electron chi connectivity index (χ1n) is 13.4. The van der Waals surface area contributed by atoms with Gasteiger partial charge in [-0.3, -0.25) is 4.90 Å². The third-order valence-corrected chi connectivity index (χ3v) is 8.27. The molecule has 1 fully saturated rings. The molecule has 0 radical (unpaired) electrons. The molecule has 1 saturated heterocycles. The van der Waals surface area contributed by atoms with E-state index in [9.17, 15) is 13.5 Å². The molecule has 1 aliphatic rings. The Hall–Kier alpha value is -2.91. The molecule has 3 N–H and O–H groups in total. The Morgan fingerprint density at radius 2 is 1.64 bits per heavy atom. The number of ether oxygens (including phenoxy) is 2. The van der Waals surface area contributed by atoms with E-state index in [2.05, 4.69) is 25.7 Å². The van der Waals surface area contributed by atoms with E-state index in [-0.39, 0.29) is 10.3 Å². The molecule has 0 aliphatic carbocycles. The van der Waals surface area contributed by atoms with Gasteiger partial charge in [0.25, 0.3) is 0 Å². The molecule has 0 aromatic heterocycles. The number of sulfonamides is 1. The van der Waals surface area contributed by atoms with Crippen LogP contribution in [0.4, 0.5) is 0 Å². The Morgan fingerprint density at radius 3 is 2.28 bits per heavy atom. The van der Waals surface area contributed by atoms with E-state index in [1.165, 1.54) is 0 Å². The second-order valence-corrected chi connectivity index (χ2v) is 13.2. The minimum atomic E-state index is -3.98. The van der Waals surface area contributed by atoms with Crippen molar-refractivity contribution in [3.8, 4) is 17.2 Å². The van der Waals surface area contributed by atoms with Crippen molar-refractivity contribution in [2.24, 2.45) is 10.6 Å². The van der Waals surface area contributed by atoms with Gasteiger partial charge in [-0.15, -0.1) is 0 Å². The molecule has 8 heteroatoms. The summed E-state index contributed by atoms with van der Waals surface area (Å²) in [5.41, 5.74) is 1.40. The van der Waals surface area contributed by atoms with Crippen LogP contribution in [-0.2, 0) is 28.6 Å². The third kappa shape index (κ3) is 7.60. The van der Waals surface area contributed by atoms with Crippen LogP contribution in [-0.4, -0.2) is 38.6 Å². The maximum atomic E-state index is 12.4. The zero-order valence-electron chi connectivity index (χ0n) is 23.3. The van der Waals surface area contributed by atoms with Crippen molar-refractivity contribution in [3.05, 3.63) is 83.4 Å². The lowest BCUT2D eigenvalue weighted by molar-refractivity contribution is -0.0299. The normalized spacial score (nSPS) is 16.2. The SMILES string of the molecule is COc1ccccc1Oc1cccc(CN2CCC(O)(c3cc(CCC(C)(C)C)ccc3S(N)(=O)=O)CC2)c1. The van der Waals surface area contributed by atoms with Gasteiger partial charge >= 0.3 is 0 Å². The lowest BCUT2D eigenvalue weighted by Crippen LogP contribution is -2.43. The molecule has 3 aromatic rings. The van der Waals surface area contributed by atoms with E-state index >= 15 is 0 Å². The molecular weight excluding hydrogens is 512 g/mol. The molecule has 0 spiro atoms. The van der Waals surface area contributed by atoms with E-state index in [1.807, 2.05) is 60.7 Å². The lowest BCUT2D eigenvalue weighted by Gasteiger charge is -2.39. The second-order valence-electron chi connectivity index (χ2n) is 11.6. The van der Waals surface area contributed by atoms with E-state index in [1.54, 1.807) is 13.2 Å². The molecule has 0 saturated carbocycles. The predicted molar refractivity (Wildman–Crippen MR) is 154 cm³/mol. The van der Waals surface area contributed by atoms with Crippen LogP contribution >= 0.6 is 0 Å². The standard InChI is InChI=1S/C31H40N2O5S/c1-30(2,3)15-14-23-12-13-29(39(32,35)36)26(21-23)31(34)16-18-33(19-17-31)22-24-8-7-9-25(20-24)38-28-11-6-5-10-27(28)37-4/h5-13,20-21,34H,14-19,22H2,1-4H3,(H2,32,35,36). The van der Waals surface area contributed by atoms with E-state index in [4.69, 9.17) is 14.6 Å². The number of primary sulfonamides is 1. The molecular formula is C31H40N2O5S. The van der Waals surface area contributed by atoms with Crippen molar-refractivity contribution in [3.63, 3.8) is 0 Å². The summed E-state index contributed by atoms with van der Waals surface area (Å²) >= 11 is 0. The minimum absolute atomic E-state index is 0.0131. The number of aryl methyl sites for hydroxylation is 1. The van der Waals surface area contributed by atoms with E-state index < -0.39 is 15.6 Å². The molecule has 210 valence electrons. The quantitative estimate of drug-likeness (QED) is 0.358. The first kappa shape index (κ1) is 29.1. The summed E-state index contributed by atoms with van der Waals surface area (Å²) in [5.74, 6) is 2.03. The zero-order chi connectivity index (χ0) is 28.3. The highest BCUT2D eigenvalue weighted by Crippen LogP contribution is 2.38. The van der Waals surface area contributed by atoms with Gasteiger partial charge in [0.2, 0.25) is 10.0 Å². The number of para-hydroxylation sites is 2. The first-order chi connectivity index (χ1) is 18.4. The molecule has 7 nitrogen and oxygen atoms in total. The highest BCUT2D eigenvalue weighted by Gasteiger charge is 2.37. The van der Waals surface area contributed by atoms with Crippen LogP contribution in [0.2, 0.25) is 0 Å². The van der Waals surface area contributed by atoms with Crippen molar-refractivity contribution in [1.82, 2.24) is 4.90 Å². The monoisotopic (exact) mass is 552 g/mol. The van der Waals surface area contributed by atoms with Crippen LogP contribution in [0.25, 0.3) is 0 Å². The van der Waals surface area contributed by atoms with Gasteiger partial charge in [-0.05, 0) is 72.6 Å². The predicted octanol–water partition coefficient (Wildman–Crippen LogP) is 5.60. The van der Waals surface area contributed by atoms with Gasteiger partial charge < -0.3 is 14.6 Å². The van der Waals surface area contributed by atoms with E-state index in [0.717, 1.165) is 29.7 Å². The number of hydrogen-bond donors (Lipinski definition) is 2. The molecule has 0 amide bonds. The van der Waals surface area contributed by atoms with Gasteiger partial charge in [0.05, 0.1) is 17.6 Å². The van der Waals surface area contributed by atoms with Crippen LogP contribution in [0.15, 0.2) is 71.6 Å². The summed E-state index contributed by atoms with van der Waals surface area (Å²) in [6.45, 7) is 8.45. The van der Waals surface area contributed by atoms with E-state index in [0.29, 0.717) is 49.5 Å². The number of nitrogens with two attached hydrogens (primary N) is 1. The number of likely N-dealkylation sites (tertiary alicyclic amines) is 1. The van der Waals surface area contributed by atoms with Crippen molar-refractivity contribution < 1.29 is 23.0 Å². The number of hydrogen-bond acceptors (Lipinski definition) is 6. The Morgan fingerprint density at radius 1 is 0.949 bits per heavy atom. The van der Waals surface area contributed by atoms with Gasteiger partial charge in [-0.2, -0.15) is 0 Å². The maximum Gasteiger partial charge on any atom is 0.238 e. The molecule has 0 atom stereocenters. The number of rotatable bonds is 9. The topological polar surface area (TPSA) is 102 Å². The average Bonchev–Trinajstić information content (AvgIpc) is 2.88. The van der Waals surface area contributed by atoms with Gasteiger partial charge in [0.1, 0.15) is 5.75 Å². The number of benzene rings is 3. The summed E-state index contributed by atoms with van der Waals surface area (Å²) in [6, 6.07) is 20.7. The Labute approximate surface area is 232 Å². The summed E-state index contributed by atoms with van der Waals surface area (Å²) in [4.78, 5) is 2.27. The van der Waals surface area contributed by atoms with Crippen molar-refractivity contribution >= 4 is 10.0 Å². The van der Waals surface area contributed by atoms with Crippen LogP contribution < -0.4 is 14.6 Å². The Kier molecular flexibility index (Phi) is 8.71. The highest BCUT2D eigenvalue weighted by atomic mass is 32.2. The van der Waals surface area contributed by atoms with Crippen molar-refractivity contribution in [2.45, 2.75) is 63.5 Å². The average molecular weight is 553 g/mol. The number of methoxy groups -OCH3 is 1. The molecule has 1 aliphatic heterocycles. The zero-order valence-corrected chi connectivity index (χ0v) is 24.1. The first-order valence-corrected chi connectivity index (χ1v) is 14.9. The van der Waals surface area contributed by atoms with Gasteiger partial charge in [0, 0.05) is 25.2 Å². The largest absolute Gasteiger partial charge is 0.493 e. The van der Waals surface area contributed by atoms with Crippen LogP contribution in [0, 0.1) is 5.41 Å². The molecule has 0 bridgehead atoms. The fourth-order valence-corrected chi connectivity index (χ4v) is 5.82. The molecule has 1 heterocycles. The summed E-state index contributed by atoms with van der Waals surface area (Å²) in [7, 11) is -2.36. The van der Waals surface area contributed by atoms with Crippen LogP contribution in [0.5, 0.6) is 17.2 Å². The molecule has 4 rings (SSSR count). The number of nitrogens with zero attached hydrogens (tertiary/aromatic N) is 1. The fourth-order valence-electron chi connectivity index (χ4n) is 5.01. The van der Waals surface area contributed by atoms with Crippen LogP contribution in [0.1, 0.15) is 56.7 Å². The summed E-state index contributed by atoms with van der Waals surface area (Å²) < 4.78 is 36.3.